The molecule has 0 bridgehead atoms. The van der Waals surface area contributed by atoms with Gasteiger partial charge in [-0.1, -0.05) is 36.4 Å². The molecule has 0 saturated heterocycles. The standard InChI is InChI=1S/C27H28N2O5/c1-4-33-26(31)21-16(3)29-20-14-19(17-10-7-6-8-11-17)23(27(32)34-5-2)25(30)24(20)22(21)18-12-9-13-28-15-18/h6-13,15,19,22-23,29H,4-5,14H2,1-3H3/t19-,22+,23+/m0/s1. The topological polar surface area (TPSA) is 94.6 Å². The highest BCUT2D eigenvalue weighted by molar-refractivity contribution is 6.13. The van der Waals surface area contributed by atoms with Crippen LogP contribution in [0.1, 0.15) is 50.2 Å². The van der Waals surface area contributed by atoms with Gasteiger partial charge in [0.25, 0.3) is 0 Å². The number of rotatable bonds is 6. The van der Waals surface area contributed by atoms with Crippen LogP contribution in [0.25, 0.3) is 0 Å². The molecular weight excluding hydrogens is 432 g/mol. The zero-order valence-corrected chi connectivity index (χ0v) is 19.5. The molecule has 0 spiro atoms. The summed E-state index contributed by atoms with van der Waals surface area (Å²) in [6.07, 6.45) is 3.71. The lowest BCUT2D eigenvalue weighted by Crippen LogP contribution is -2.43. The summed E-state index contributed by atoms with van der Waals surface area (Å²) in [4.78, 5) is 44.4. The summed E-state index contributed by atoms with van der Waals surface area (Å²) in [7, 11) is 0. The summed E-state index contributed by atoms with van der Waals surface area (Å²) in [5, 5.41) is 3.29. The van der Waals surface area contributed by atoms with Gasteiger partial charge < -0.3 is 14.8 Å². The van der Waals surface area contributed by atoms with Crippen molar-refractivity contribution in [3.05, 3.63) is 88.5 Å². The van der Waals surface area contributed by atoms with E-state index < -0.39 is 23.8 Å². The Morgan fingerprint density at radius 1 is 1.03 bits per heavy atom. The molecule has 2 aromatic rings. The number of nitrogens with zero attached hydrogens (tertiary/aromatic N) is 1. The van der Waals surface area contributed by atoms with Crippen LogP contribution in [-0.4, -0.2) is 35.9 Å². The molecule has 2 heterocycles. The smallest absolute Gasteiger partial charge is 0.336 e. The number of nitrogens with one attached hydrogen (secondary N) is 1. The molecule has 2 aliphatic rings. The summed E-state index contributed by atoms with van der Waals surface area (Å²) in [6.45, 7) is 5.64. The van der Waals surface area contributed by atoms with Crippen molar-refractivity contribution < 1.29 is 23.9 Å². The number of hydrogen-bond acceptors (Lipinski definition) is 7. The maximum atomic E-state index is 14.1. The van der Waals surface area contributed by atoms with Gasteiger partial charge in [0.2, 0.25) is 0 Å². The second-order valence-corrected chi connectivity index (χ2v) is 8.31. The van der Waals surface area contributed by atoms with E-state index >= 15 is 0 Å². The van der Waals surface area contributed by atoms with E-state index in [9.17, 15) is 14.4 Å². The van der Waals surface area contributed by atoms with Crippen LogP contribution in [0.15, 0.2) is 77.4 Å². The number of aromatic nitrogens is 1. The van der Waals surface area contributed by atoms with Crippen LogP contribution in [0, 0.1) is 5.92 Å². The number of hydrogen-bond donors (Lipinski definition) is 1. The molecule has 34 heavy (non-hydrogen) atoms. The summed E-state index contributed by atoms with van der Waals surface area (Å²) in [6, 6.07) is 13.1. The lowest BCUT2D eigenvalue weighted by Gasteiger charge is -2.39. The molecule has 0 fully saturated rings. The number of pyridine rings is 1. The van der Waals surface area contributed by atoms with Gasteiger partial charge in [-0.25, -0.2) is 4.79 Å². The van der Waals surface area contributed by atoms with Crippen LogP contribution >= 0.6 is 0 Å². The van der Waals surface area contributed by atoms with E-state index in [1.165, 1.54) is 0 Å². The molecule has 1 aliphatic heterocycles. The number of allylic oxidation sites excluding steroid dienone is 3. The number of dihydropyridines is 1. The monoisotopic (exact) mass is 460 g/mol. The minimum absolute atomic E-state index is 0.174. The normalized spacial score (nSPS) is 22.1. The van der Waals surface area contributed by atoms with Crippen LogP contribution in [-0.2, 0) is 23.9 Å². The van der Waals surface area contributed by atoms with Crippen molar-refractivity contribution in [1.82, 2.24) is 10.3 Å². The number of carbonyl (C=O) groups excluding carboxylic acids is 3. The number of ether oxygens (including phenoxy) is 2. The molecule has 4 rings (SSSR count). The first-order valence-electron chi connectivity index (χ1n) is 11.5. The Morgan fingerprint density at radius 2 is 1.74 bits per heavy atom. The Bertz CT molecular complexity index is 1150. The average molecular weight is 461 g/mol. The summed E-state index contributed by atoms with van der Waals surface area (Å²) in [5.41, 5.74) is 3.65. The van der Waals surface area contributed by atoms with Gasteiger partial charge in [-0.2, -0.15) is 0 Å². The maximum Gasteiger partial charge on any atom is 0.336 e. The fourth-order valence-corrected chi connectivity index (χ4v) is 4.91. The molecule has 1 aliphatic carbocycles. The van der Waals surface area contributed by atoms with Gasteiger partial charge >= 0.3 is 11.9 Å². The second-order valence-electron chi connectivity index (χ2n) is 8.31. The molecule has 7 heteroatoms. The first-order valence-corrected chi connectivity index (χ1v) is 11.5. The maximum absolute atomic E-state index is 14.1. The van der Waals surface area contributed by atoms with Crippen molar-refractivity contribution in [2.24, 2.45) is 5.92 Å². The molecule has 0 amide bonds. The highest BCUT2D eigenvalue weighted by Gasteiger charge is 2.49. The molecule has 1 aromatic carbocycles. The van der Waals surface area contributed by atoms with Crippen LogP contribution in [0.2, 0.25) is 0 Å². The van der Waals surface area contributed by atoms with E-state index in [-0.39, 0.29) is 24.9 Å². The van der Waals surface area contributed by atoms with E-state index in [2.05, 4.69) is 10.3 Å². The van der Waals surface area contributed by atoms with E-state index in [0.717, 1.165) is 5.56 Å². The lowest BCUT2D eigenvalue weighted by molar-refractivity contribution is -0.152. The molecule has 7 nitrogen and oxygen atoms in total. The van der Waals surface area contributed by atoms with Crippen molar-refractivity contribution >= 4 is 17.7 Å². The van der Waals surface area contributed by atoms with Crippen molar-refractivity contribution in [3.8, 4) is 0 Å². The van der Waals surface area contributed by atoms with E-state index in [0.29, 0.717) is 34.5 Å². The Morgan fingerprint density at radius 3 is 2.38 bits per heavy atom. The van der Waals surface area contributed by atoms with E-state index in [1.807, 2.05) is 36.4 Å². The van der Waals surface area contributed by atoms with Gasteiger partial charge in [0, 0.05) is 41.2 Å². The van der Waals surface area contributed by atoms with Crippen LogP contribution < -0.4 is 5.32 Å². The Balaban J connectivity index is 1.88. The molecule has 176 valence electrons. The van der Waals surface area contributed by atoms with Crippen LogP contribution in [0.4, 0.5) is 0 Å². The highest BCUT2D eigenvalue weighted by Crippen LogP contribution is 2.48. The van der Waals surface area contributed by atoms with E-state index in [1.54, 1.807) is 39.2 Å². The van der Waals surface area contributed by atoms with Gasteiger partial charge in [0.15, 0.2) is 5.78 Å². The largest absolute Gasteiger partial charge is 0.465 e. The Labute approximate surface area is 198 Å². The number of esters is 2. The highest BCUT2D eigenvalue weighted by atomic mass is 16.5. The Kier molecular flexibility index (Phi) is 6.91. The fourth-order valence-electron chi connectivity index (χ4n) is 4.91. The molecule has 0 radical (unpaired) electrons. The van der Waals surface area contributed by atoms with Gasteiger partial charge in [0.05, 0.1) is 18.8 Å². The molecule has 1 aromatic heterocycles. The lowest BCUT2D eigenvalue weighted by atomic mass is 9.67. The third kappa shape index (κ3) is 4.25. The third-order valence-electron chi connectivity index (χ3n) is 6.30. The first-order chi connectivity index (χ1) is 16.5. The number of benzene rings is 1. The summed E-state index contributed by atoms with van der Waals surface area (Å²) < 4.78 is 10.7. The SMILES string of the molecule is CCOC(=O)C1=C(C)NC2=C(C(=O)[C@H](C(=O)OCC)[C@H](c3ccccc3)C2)[C@@H]1c1cccnc1. The predicted octanol–water partition coefficient (Wildman–Crippen LogP) is 3.80. The van der Waals surface area contributed by atoms with Crippen LogP contribution in [0.3, 0.4) is 0 Å². The average Bonchev–Trinajstić information content (AvgIpc) is 2.84. The van der Waals surface area contributed by atoms with Crippen molar-refractivity contribution in [2.75, 3.05) is 13.2 Å². The van der Waals surface area contributed by atoms with E-state index in [4.69, 9.17) is 9.47 Å². The number of carbonyl (C=O) groups is 3. The number of ketones is 1. The third-order valence-corrected chi connectivity index (χ3v) is 6.30. The molecular formula is C27H28N2O5. The van der Waals surface area contributed by atoms with Crippen molar-refractivity contribution in [3.63, 3.8) is 0 Å². The van der Waals surface area contributed by atoms with Gasteiger partial charge in [0.1, 0.15) is 5.92 Å². The molecule has 1 N–H and O–H groups in total. The molecule has 0 unspecified atom stereocenters. The van der Waals surface area contributed by atoms with Gasteiger partial charge in [-0.3, -0.25) is 14.6 Å². The zero-order valence-electron chi connectivity index (χ0n) is 19.5. The van der Waals surface area contributed by atoms with Crippen molar-refractivity contribution in [1.29, 1.82) is 0 Å². The minimum Gasteiger partial charge on any atom is -0.465 e. The minimum atomic E-state index is -1.01. The quantitative estimate of drug-likeness (QED) is 0.518. The summed E-state index contributed by atoms with van der Waals surface area (Å²) >= 11 is 0. The first kappa shape index (κ1) is 23.4. The Hall–Kier alpha value is -3.74. The van der Waals surface area contributed by atoms with Gasteiger partial charge in [-0.15, -0.1) is 0 Å². The fraction of sp³-hybridized carbons (Fsp3) is 0.333. The number of Topliss-reactive ketones (excluding diaryl/α,β-unsaturated/α-hetero) is 1. The van der Waals surface area contributed by atoms with Gasteiger partial charge in [-0.05, 0) is 44.4 Å². The molecule has 0 saturated carbocycles. The predicted molar refractivity (Wildman–Crippen MR) is 125 cm³/mol. The van der Waals surface area contributed by atoms with Crippen molar-refractivity contribution in [2.45, 2.75) is 39.0 Å². The summed E-state index contributed by atoms with van der Waals surface area (Å²) in [5.74, 6) is -3.48. The van der Waals surface area contributed by atoms with Crippen LogP contribution in [0.5, 0.6) is 0 Å². The second kappa shape index (κ2) is 10.0. The molecule has 3 atom stereocenters. The zero-order chi connectivity index (χ0) is 24.2.